The average Bonchev–Trinajstić information content (AvgIpc) is 2.53. The van der Waals surface area contributed by atoms with Gasteiger partial charge in [0, 0.05) is 12.3 Å². The van der Waals surface area contributed by atoms with Crippen molar-refractivity contribution < 1.29 is 14.3 Å². The molecule has 2 aromatic rings. The number of rotatable bonds is 7. The van der Waals surface area contributed by atoms with Crippen LogP contribution in [0.4, 0.5) is 5.69 Å². The molecule has 5 nitrogen and oxygen atoms in total. The Hall–Kier alpha value is -2.82. The molecule has 2 N–H and O–H groups in total. The maximum Gasteiger partial charge on any atom is 0.255 e. The Morgan fingerprint density at radius 2 is 1.91 bits per heavy atom. The predicted octanol–water partition coefficient (Wildman–Crippen LogP) is 2.70. The molecule has 2 aromatic carbocycles. The molecule has 0 bridgehead atoms. The zero-order valence-electron chi connectivity index (χ0n) is 12.4. The van der Waals surface area contributed by atoms with E-state index in [2.05, 4.69) is 4.99 Å². The lowest BCUT2D eigenvalue weighted by molar-refractivity contribution is -0.119. The highest BCUT2D eigenvalue weighted by atomic mass is 16.5. The summed E-state index contributed by atoms with van der Waals surface area (Å²) in [6.07, 6.45) is 1.75. The molecule has 114 valence electrons. The van der Waals surface area contributed by atoms with Crippen molar-refractivity contribution in [1.82, 2.24) is 0 Å². The van der Waals surface area contributed by atoms with E-state index in [4.69, 9.17) is 15.2 Å². The number of amides is 1. The van der Waals surface area contributed by atoms with Crippen molar-refractivity contribution in [3.8, 4) is 11.5 Å². The molecule has 0 spiro atoms. The number of aliphatic imine (C=N–C) groups is 1. The highest BCUT2D eigenvalue weighted by Crippen LogP contribution is 2.20. The van der Waals surface area contributed by atoms with Crippen LogP contribution in [0.1, 0.15) is 12.5 Å². The molecule has 5 heteroatoms. The summed E-state index contributed by atoms with van der Waals surface area (Å²) in [6, 6.07) is 14.8. The van der Waals surface area contributed by atoms with Crippen LogP contribution in [-0.2, 0) is 4.79 Å². The van der Waals surface area contributed by atoms with Gasteiger partial charge in [-0.15, -0.1) is 0 Å². The van der Waals surface area contributed by atoms with E-state index in [0.717, 1.165) is 17.0 Å². The highest BCUT2D eigenvalue weighted by Gasteiger charge is 1.98. The Morgan fingerprint density at radius 1 is 1.14 bits per heavy atom. The molecule has 0 aliphatic carbocycles. The van der Waals surface area contributed by atoms with Gasteiger partial charge in [0.05, 0.1) is 12.3 Å². The van der Waals surface area contributed by atoms with Crippen molar-refractivity contribution in [2.75, 3.05) is 13.2 Å². The number of primary amides is 1. The smallest absolute Gasteiger partial charge is 0.255 e. The van der Waals surface area contributed by atoms with E-state index < -0.39 is 5.91 Å². The fraction of sp³-hybridized carbons (Fsp3) is 0.176. The zero-order valence-corrected chi connectivity index (χ0v) is 12.4. The van der Waals surface area contributed by atoms with Gasteiger partial charge in [-0.2, -0.15) is 0 Å². The van der Waals surface area contributed by atoms with E-state index in [9.17, 15) is 4.79 Å². The summed E-state index contributed by atoms with van der Waals surface area (Å²) in [5.74, 6) is 0.890. The first kappa shape index (κ1) is 15.6. The third-order valence-electron chi connectivity index (χ3n) is 2.75. The van der Waals surface area contributed by atoms with Gasteiger partial charge in [-0.25, -0.2) is 0 Å². The molecule has 2 rings (SSSR count). The number of hydrogen-bond donors (Lipinski definition) is 1. The SMILES string of the molecule is CCOc1cccc(N=Cc2ccc(OCC(N)=O)cc2)c1. The summed E-state index contributed by atoms with van der Waals surface area (Å²) in [5, 5.41) is 0. The van der Waals surface area contributed by atoms with Crippen LogP contribution in [-0.4, -0.2) is 25.3 Å². The molecular weight excluding hydrogens is 280 g/mol. The minimum absolute atomic E-state index is 0.127. The predicted molar refractivity (Wildman–Crippen MR) is 86.0 cm³/mol. The fourth-order valence-electron chi connectivity index (χ4n) is 1.77. The normalized spacial score (nSPS) is 10.6. The summed E-state index contributed by atoms with van der Waals surface area (Å²) in [4.78, 5) is 15.0. The molecule has 1 amide bonds. The highest BCUT2D eigenvalue weighted by molar-refractivity contribution is 5.82. The van der Waals surface area contributed by atoms with Crippen molar-refractivity contribution >= 4 is 17.8 Å². The van der Waals surface area contributed by atoms with Crippen molar-refractivity contribution in [3.05, 3.63) is 54.1 Å². The second-order valence-corrected chi connectivity index (χ2v) is 4.51. The molecule has 0 aliphatic rings. The van der Waals surface area contributed by atoms with E-state index in [1.807, 2.05) is 43.3 Å². The molecule has 0 unspecified atom stereocenters. The monoisotopic (exact) mass is 298 g/mol. The molecular formula is C17H18N2O3. The third-order valence-corrected chi connectivity index (χ3v) is 2.75. The second-order valence-electron chi connectivity index (χ2n) is 4.51. The summed E-state index contributed by atoms with van der Waals surface area (Å²) < 4.78 is 10.6. The topological polar surface area (TPSA) is 73.9 Å². The van der Waals surface area contributed by atoms with Gasteiger partial charge in [-0.3, -0.25) is 9.79 Å². The number of ether oxygens (including phenoxy) is 2. The molecule has 0 saturated carbocycles. The molecule has 0 atom stereocenters. The van der Waals surface area contributed by atoms with Crippen LogP contribution in [0.25, 0.3) is 0 Å². The number of nitrogens with zero attached hydrogens (tertiary/aromatic N) is 1. The molecule has 0 radical (unpaired) electrons. The number of benzene rings is 2. The van der Waals surface area contributed by atoms with E-state index in [-0.39, 0.29) is 6.61 Å². The third kappa shape index (κ3) is 4.94. The van der Waals surface area contributed by atoms with E-state index >= 15 is 0 Å². The first-order valence-corrected chi connectivity index (χ1v) is 6.95. The maximum absolute atomic E-state index is 10.6. The van der Waals surface area contributed by atoms with Gasteiger partial charge in [-0.05, 0) is 48.9 Å². The standard InChI is InChI=1S/C17H18N2O3/c1-2-21-16-5-3-4-14(10-16)19-11-13-6-8-15(9-7-13)22-12-17(18)20/h3-11H,2,12H2,1H3,(H2,18,20). The van der Waals surface area contributed by atoms with Crippen LogP contribution in [0.2, 0.25) is 0 Å². The van der Waals surface area contributed by atoms with Crippen LogP contribution in [0.3, 0.4) is 0 Å². The Balaban J connectivity index is 2.00. The van der Waals surface area contributed by atoms with Gasteiger partial charge in [0.1, 0.15) is 11.5 Å². The molecule has 0 aliphatic heterocycles. The first-order chi connectivity index (χ1) is 10.7. The number of hydrogen-bond acceptors (Lipinski definition) is 4. The van der Waals surface area contributed by atoms with Crippen LogP contribution in [0, 0.1) is 0 Å². The van der Waals surface area contributed by atoms with Crippen LogP contribution < -0.4 is 15.2 Å². The van der Waals surface area contributed by atoms with Crippen molar-refractivity contribution in [2.24, 2.45) is 10.7 Å². The van der Waals surface area contributed by atoms with E-state index in [1.165, 1.54) is 0 Å². The molecule has 0 fully saturated rings. The van der Waals surface area contributed by atoms with Crippen molar-refractivity contribution in [2.45, 2.75) is 6.92 Å². The van der Waals surface area contributed by atoms with Gasteiger partial charge in [0.2, 0.25) is 0 Å². The number of carbonyl (C=O) groups is 1. The average molecular weight is 298 g/mol. The molecule has 0 saturated heterocycles. The largest absolute Gasteiger partial charge is 0.494 e. The summed E-state index contributed by atoms with van der Waals surface area (Å²) in [7, 11) is 0. The number of carbonyl (C=O) groups excluding carboxylic acids is 1. The Labute approximate surface area is 129 Å². The van der Waals surface area contributed by atoms with E-state index in [0.29, 0.717) is 12.4 Å². The van der Waals surface area contributed by atoms with Crippen molar-refractivity contribution in [1.29, 1.82) is 0 Å². The Bertz CT molecular complexity index is 651. The van der Waals surface area contributed by atoms with Gasteiger partial charge < -0.3 is 15.2 Å². The first-order valence-electron chi connectivity index (χ1n) is 6.95. The quantitative estimate of drug-likeness (QED) is 0.799. The molecule has 22 heavy (non-hydrogen) atoms. The van der Waals surface area contributed by atoms with Crippen LogP contribution in [0.15, 0.2) is 53.5 Å². The molecule has 0 aromatic heterocycles. The number of nitrogens with two attached hydrogens (primary N) is 1. The van der Waals surface area contributed by atoms with Gasteiger partial charge in [0.15, 0.2) is 6.61 Å². The van der Waals surface area contributed by atoms with Gasteiger partial charge in [-0.1, -0.05) is 6.07 Å². The lowest BCUT2D eigenvalue weighted by Gasteiger charge is -2.04. The lowest BCUT2D eigenvalue weighted by Crippen LogP contribution is -2.19. The summed E-state index contributed by atoms with van der Waals surface area (Å²) in [5.41, 5.74) is 6.76. The maximum atomic E-state index is 10.6. The van der Waals surface area contributed by atoms with Crippen LogP contribution in [0.5, 0.6) is 11.5 Å². The Kier molecular flexibility index (Phi) is 5.54. The fourth-order valence-corrected chi connectivity index (χ4v) is 1.77. The van der Waals surface area contributed by atoms with E-state index in [1.54, 1.807) is 18.3 Å². The van der Waals surface area contributed by atoms with Gasteiger partial charge in [0.25, 0.3) is 5.91 Å². The van der Waals surface area contributed by atoms with Gasteiger partial charge >= 0.3 is 0 Å². The van der Waals surface area contributed by atoms with Crippen LogP contribution >= 0.6 is 0 Å². The Morgan fingerprint density at radius 3 is 2.59 bits per heavy atom. The van der Waals surface area contributed by atoms with Crippen molar-refractivity contribution in [3.63, 3.8) is 0 Å². The molecule has 0 heterocycles. The minimum Gasteiger partial charge on any atom is -0.494 e. The summed E-state index contributed by atoms with van der Waals surface area (Å²) >= 11 is 0. The second kappa shape index (κ2) is 7.83. The summed E-state index contributed by atoms with van der Waals surface area (Å²) in [6.45, 7) is 2.44. The zero-order chi connectivity index (χ0) is 15.8. The minimum atomic E-state index is -0.500. The lowest BCUT2D eigenvalue weighted by atomic mass is 10.2.